The van der Waals surface area contributed by atoms with Crippen molar-refractivity contribution in [3.05, 3.63) is 107 Å². The predicted octanol–water partition coefficient (Wildman–Crippen LogP) is 6.95. The van der Waals surface area contributed by atoms with E-state index in [1.165, 1.54) is 7.11 Å². The fourth-order valence-corrected chi connectivity index (χ4v) is 6.06. The van der Waals surface area contributed by atoms with Crippen LogP contribution in [0.5, 0.6) is 23.0 Å². The van der Waals surface area contributed by atoms with Gasteiger partial charge < -0.3 is 23.7 Å². The monoisotopic (exact) mass is 536 g/mol. The summed E-state index contributed by atoms with van der Waals surface area (Å²) in [6.07, 6.45) is 0.905. The first-order valence-electron chi connectivity index (χ1n) is 13.6. The lowest BCUT2D eigenvalue weighted by molar-refractivity contribution is -0.146. The van der Waals surface area contributed by atoms with Crippen LogP contribution >= 0.6 is 0 Å². The highest BCUT2D eigenvalue weighted by Crippen LogP contribution is 2.56. The Labute approximate surface area is 234 Å². The molecule has 6 rings (SSSR count). The molecule has 0 fully saturated rings. The molecule has 0 radical (unpaired) electrons. The Balaban J connectivity index is 1.58. The summed E-state index contributed by atoms with van der Waals surface area (Å²) >= 11 is 0. The summed E-state index contributed by atoms with van der Waals surface area (Å²) in [6, 6.07) is 28.4. The summed E-state index contributed by atoms with van der Waals surface area (Å²) in [6.45, 7) is 2.89. The second kappa shape index (κ2) is 11.0. The maximum Gasteiger partial charge on any atom is 0.310 e. The number of fused-ring (bicyclic) bond motifs is 2. The summed E-state index contributed by atoms with van der Waals surface area (Å²) in [5, 5.41) is 0. The Hall–Kier alpha value is -4.45. The SMILES string of the molecule is CCCOc1ccc2c(c1)C(c1ccc(OC)cc1-c1ccccc1)C(C(=O)OC)C2c1ccc2c(c1)OCO2. The van der Waals surface area contributed by atoms with Gasteiger partial charge in [0, 0.05) is 11.8 Å². The van der Waals surface area contributed by atoms with Crippen LogP contribution in [-0.2, 0) is 9.53 Å². The van der Waals surface area contributed by atoms with Gasteiger partial charge in [-0.1, -0.05) is 55.5 Å². The highest BCUT2D eigenvalue weighted by molar-refractivity contribution is 5.82. The van der Waals surface area contributed by atoms with E-state index in [1.54, 1.807) is 7.11 Å². The van der Waals surface area contributed by atoms with E-state index in [4.69, 9.17) is 23.7 Å². The molecule has 3 atom stereocenters. The third-order valence-corrected chi connectivity index (χ3v) is 7.83. The molecule has 0 spiro atoms. The number of esters is 1. The first kappa shape index (κ1) is 25.8. The van der Waals surface area contributed by atoms with Crippen molar-refractivity contribution in [2.24, 2.45) is 5.92 Å². The van der Waals surface area contributed by atoms with E-state index in [0.717, 1.165) is 51.3 Å². The average molecular weight is 537 g/mol. The zero-order chi connectivity index (χ0) is 27.6. The van der Waals surface area contributed by atoms with Gasteiger partial charge in [0.25, 0.3) is 0 Å². The minimum Gasteiger partial charge on any atom is -0.497 e. The molecule has 6 nitrogen and oxygen atoms in total. The Morgan fingerprint density at radius 2 is 1.57 bits per heavy atom. The number of carbonyl (C=O) groups excluding carboxylic acids is 1. The number of hydrogen-bond acceptors (Lipinski definition) is 6. The molecule has 1 heterocycles. The molecule has 4 aromatic rings. The molecule has 1 aliphatic heterocycles. The fraction of sp³-hybridized carbons (Fsp3) is 0.265. The molecule has 40 heavy (non-hydrogen) atoms. The van der Waals surface area contributed by atoms with Crippen LogP contribution in [-0.4, -0.2) is 33.6 Å². The van der Waals surface area contributed by atoms with Gasteiger partial charge in [0.1, 0.15) is 11.5 Å². The van der Waals surface area contributed by atoms with Crippen LogP contribution in [0.25, 0.3) is 11.1 Å². The Morgan fingerprint density at radius 1 is 0.800 bits per heavy atom. The normalized spacial score (nSPS) is 18.7. The molecule has 1 aliphatic carbocycles. The van der Waals surface area contributed by atoms with Gasteiger partial charge in [-0.05, 0) is 76.2 Å². The van der Waals surface area contributed by atoms with Gasteiger partial charge in [-0.25, -0.2) is 0 Å². The Morgan fingerprint density at radius 3 is 2.35 bits per heavy atom. The molecule has 0 amide bonds. The molecule has 0 saturated heterocycles. The number of hydrogen-bond donors (Lipinski definition) is 0. The van der Waals surface area contributed by atoms with Crippen LogP contribution in [0, 0.1) is 5.92 Å². The number of methoxy groups -OCH3 is 2. The largest absolute Gasteiger partial charge is 0.497 e. The van der Waals surface area contributed by atoms with Crippen molar-refractivity contribution < 1.29 is 28.5 Å². The van der Waals surface area contributed by atoms with Crippen LogP contribution in [0.3, 0.4) is 0 Å². The zero-order valence-corrected chi connectivity index (χ0v) is 22.9. The topological polar surface area (TPSA) is 63.2 Å². The molecule has 204 valence electrons. The fourth-order valence-electron chi connectivity index (χ4n) is 6.06. The third kappa shape index (κ3) is 4.53. The molecule has 2 aliphatic rings. The first-order valence-corrected chi connectivity index (χ1v) is 13.6. The summed E-state index contributed by atoms with van der Waals surface area (Å²) in [5.74, 6) is 1.60. The average Bonchev–Trinajstić information content (AvgIpc) is 3.61. The molecular weight excluding hydrogens is 504 g/mol. The molecule has 4 aromatic carbocycles. The lowest BCUT2D eigenvalue weighted by atomic mass is 9.77. The number of rotatable bonds is 8. The van der Waals surface area contributed by atoms with Gasteiger partial charge in [0.15, 0.2) is 11.5 Å². The molecule has 0 N–H and O–H groups in total. The standard InChI is InChI=1S/C34H32O6/c1-4-16-38-24-12-14-26-28(19-24)32(25-13-11-23(36-2)18-27(25)21-8-6-5-7-9-21)33(34(35)37-3)31(26)22-10-15-29-30(17-22)40-20-39-29/h5-15,17-19,31-33H,4,16,20H2,1-3H3. The molecule has 3 unspecified atom stereocenters. The predicted molar refractivity (Wildman–Crippen MR) is 152 cm³/mol. The van der Waals surface area contributed by atoms with Crippen molar-refractivity contribution in [3.8, 4) is 34.1 Å². The van der Waals surface area contributed by atoms with Crippen molar-refractivity contribution in [1.82, 2.24) is 0 Å². The maximum absolute atomic E-state index is 13.8. The third-order valence-electron chi connectivity index (χ3n) is 7.83. The van der Waals surface area contributed by atoms with Crippen LogP contribution in [0.1, 0.15) is 47.4 Å². The lowest BCUT2D eigenvalue weighted by Gasteiger charge is -2.26. The smallest absolute Gasteiger partial charge is 0.310 e. The van der Waals surface area contributed by atoms with Crippen LogP contribution < -0.4 is 18.9 Å². The Kier molecular flexibility index (Phi) is 7.08. The van der Waals surface area contributed by atoms with Crippen molar-refractivity contribution in [2.45, 2.75) is 25.2 Å². The molecule has 0 bridgehead atoms. The van der Waals surface area contributed by atoms with E-state index in [-0.39, 0.29) is 24.6 Å². The van der Waals surface area contributed by atoms with E-state index in [1.807, 2.05) is 54.6 Å². The highest BCUT2D eigenvalue weighted by Gasteiger charge is 2.48. The molecule has 0 aromatic heterocycles. The zero-order valence-electron chi connectivity index (χ0n) is 22.9. The van der Waals surface area contributed by atoms with E-state index < -0.39 is 5.92 Å². The minimum atomic E-state index is -0.516. The minimum absolute atomic E-state index is 0.188. The van der Waals surface area contributed by atoms with E-state index in [0.29, 0.717) is 18.1 Å². The van der Waals surface area contributed by atoms with Gasteiger partial charge in [-0.15, -0.1) is 0 Å². The number of ether oxygens (including phenoxy) is 5. The van der Waals surface area contributed by atoms with Gasteiger partial charge in [-0.3, -0.25) is 4.79 Å². The summed E-state index contributed by atoms with van der Waals surface area (Å²) in [5.41, 5.74) is 6.18. The van der Waals surface area contributed by atoms with Crippen LogP contribution in [0.2, 0.25) is 0 Å². The van der Waals surface area contributed by atoms with Gasteiger partial charge in [0.05, 0.1) is 26.7 Å². The van der Waals surface area contributed by atoms with Crippen molar-refractivity contribution in [1.29, 1.82) is 0 Å². The summed E-state index contributed by atoms with van der Waals surface area (Å²) in [7, 11) is 3.12. The van der Waals surface area contributed by atoms with Gasteiger partial charge in [0.2, 0.25) is 6.79 Å². The van der Waals surface area contributed by atoms with Gasteiger partial charge >= 0.3 is 5.97 Å². The van der Waals surface area contributed by atoms with Crippen LogP contribution in [0.4, 0.5) is 0 Å². The molecule has 6 heteroatoms. The maximum atomic E-state index is 13.8. The van der Waals surface area contributed by atoms with Gasteiger partial charge in [-0.2, -0.15) is 0 Å². The second-order valence-electron chi connectivity index (χ2n) is 10.1. The quantitative estimate of drug-likeness (QED) is 0.227. The summed E-state index contributed by atoms with van der Waals surface area (Å²) < 4.78 is 28.5. The highest BCUT2D eigenvalue weighted by atomic mass is 16.7. The van der Waals surface area contributed by atoms with Crippen molar-refractivity contribution in [2.75, 3.05) is 27.6 Å². The number of benzene rings is 4. The van der Waals surface area contributed by atoms with Crippen LogP contribution in [0.15, 0.2) is 84.9 Å². The van der Waals surface area contributed by atoms with E-state index in [9.17, 15) is 4.79 Å². The van der Waals surface area contributed by atoms with E-state index in [2.05, 4.69) is 37.3 Å². The van der Waals surface area contributed by atoms with Crippen molar-refractivity contribution in [3.63, 3.8) is 0 Å². The molecule has 0 saturated carbocycles. The molecular formula is C34H32O6. The second-order valence-corrected chi connectivity index (χ2v) is 10.1. The first-order chi connectivity index (χ1) is 19.6. The van der Waals surface area contributed by atoms with Crippen molar-refractivity contribution >= 4 is 5.97 Å². The Bertz CT molecular complexity index is 1530. The lowest BCUT2D eigenvalue weighted by Crippen LogP contribution is -2.25. The number of carbonyl (C=O) groups is 1. The van der Waals surface area contributed by atoms with E-state index >= 15 is 0 Å². The summed E-state index contributed by atoms with van der Waals surface area (Å²) in [4.78, 5) is 13.8.